The average Bonchev–Trinajstić information content (AvgIpc) is 2.35. The van der Waals surface area contributed by atoms with Crippen molar-refractivity contribution in [1.29, 1.82) is 0 Å². The Balaban J connectivity index is 2.37. The zero-order valence-electron chi connectivity index (χ0n) is 10.3. The molecule has 0 saturated carbocycles. The Morgan fingerprint density at radius 3 is 2.63 bits per heavy atom. The van der Waals surface area contributed by atoms with Crippen molar-refractivity contribution in [3.8, 4) is 0 Å². The van der Waals surface area contributed by atoms with Crippen molar-refractivity contribution in [3.63, 3.8) is 0 Å². The zero-order valence-corrected chi connectivity index (χ0v) is 12.6. The van der Waals surface area contributed by atoms with Gasteiger partial charge in [0.05, 0.1) is 5.02 Å². The summed E-state index contributed by atoms with van der Waals surface area (Å²) in [5.74, 6) is -0.204. The van der Waals surface area contributed by atoms with E-state index in [9.17, 15) is 13.2 Å². The highest BCUT2D eigenvalue weighted by Gasteiger charge is 2.33. The molecule has 4 nitrogen and oxygen atoms in total. The molecule has 1 aliphatic rings. The first kappa shape index (κ1) is 14.8. The van der Waals surface area contributed by atoms with E-state index in [0.29, 0.717) is 5.02 Å². The van der Waals surface area contributed by atoms with E-state index >= 15 is 0 Å². The van der Waals surface area contributed by atoms with Crippen LogP contribution >= 0.6 is 23.2 Å². The molecule has 1 unspecified atom stereocenters. The van der Waals surface area contributed by atoms with Crippen molar-refractivity contribution in [2.24, 2.45) is 5.92 Å². The molecule has 1 saturated heterocycles. The lowest BCUT2D eigenvalue weighted by atomic mass is 10.0. The topological polar surface area (TPSA) is 54.5 Å². The van der Waals surface area contributed by atoms with Crippen molar-refractivity contribution < 1.29 is 13.2 Å². The first-order valence-electron chi connectivity index (χ1n) is 5.80. The Labute approximate surface area is 122 Å². The summed E-state index contributed by atoms with van der Waals surface area (Å²) < 4.78 is 26.3. The predicted molar refractivity (Wildman–Crippen MR) is 74.0 cm³/mol. The third kappa shape index (κ3) is 2.94. The molecular formula is C12H13Cl2NO3S. The molecule has 1 aromatic rings. The van der Waals surface area contributed by atoms with E-state index in [1.807, 2.05) is 0 Å². The van der Waals surface area contributed by atoms with Crippen molar-refractivity contribution >= 4 is 39.0 Å². The number of rotatable bonds is 2. The molecule has 7 heteroatoms. The fraction of sp³-hybridized carbons (Fsp3) is 0.417. The molecule has 1 heterocycles. The van der Waals surface area contributed by atoms with E-state index in [1.54, 1.807) is 6.92 Å². The summed E-state index contributed by atoms with van der Waals surface area (Å²) in [6, 6.07) is 4.32. The monoisotopic (exact) mass is 321 g/mol. The van der Waals surface area contributed by atoms with Gasteiger partial charge in [-0.3, -0.25) is 4.79 Å². The normalized spacial score (nSPS) is 21.6. The largest absolute Gasteiger partial charge is 0.299 e. The van der Waals surface area contributed by atoms with Gasteiger partial charge in [-0.2, -0.15) is 4.31 Å². The summed E-state index contributed by atoms with van der Waals surface area (Å²) in [5.41, 5.74) is 0. The third-order valence-corrected chi connectivity index (χ3v) is 5.73. The Kier molecular flexibility index (Phi) is 4.20. The summed E-state index contributed by atoms with van der Waals surface area (Å²) in [5, 5.41) is 0.443. The Morgan fingerprint density at radius 2 is 2.00 bits per heavy atom. The van der Waals surface area contributed by atoms with Gasteiger partial charge in [0.2, 0.25) is 10.0 Å². The van der Waals surface area contributed by atoms with Crippen LogP contribution in [0.2, 0.25) is 10.0 Å². The molecule has 1 aliphatic heterocycles. The standard InChI is InChI=1S/C12H13Cl2NO3S/c1-8-7-15(5-4-11(8)16)19(17,18)12-6-9(13)2-3-10(12)14/h2-3,6,8H,4-5,7H2,1H3. The van der Waals surface area contributed by atoms with Gasteiger partial charge in [-0.05, 0) is 18.2 Å². The van der Waals surface area contributed by atoms with Crippen molar-refractivity contribution in [2.45, 2.75) is 18.2 Å². The van der Waals surface area contributed by atoms with Gasteiger partial charge >= 0.3 is 0 Å². The van der Waals surface area contributed by atoms with Crippen LogP contribution < -0.4 is 0 Å². The van der Waals surface area contributed by atoms with Gasteiger partial charge in [-0.15, -0.1) is 0 Å². The van der Waals surface area contributed by atoms with Crippen LogP contribution in [0.3, 0.4) is 0 Å². The molecule has 19 heavy (non-hydrogen) atoms. The molecule has 1 aromatic carbocycles. The van der Waals surface area contributed by atoms with Gasteiger partial charge in [0.25, 0.3) is 0 Å². The molecule has 1 fully saturated rings. The first-order valence-corrected chi connectivity index (χ1v) is 8.00. The number of Topliss-reactive ketones (excluding diaryl/α,β-unsaturated/α-hetero) is 1. The third-order valence-electron chi connectivity index (χ3n) is 3.15. The van der Waals surface area contributed by atoms with Crippen LogP contribution in [0.4, 0.5) is 0 Å². The maximum absolute atomic E-state index is 12.5. The fourth-order valence-electron chi connectivity index (χ4n) is 2.01. The van der Waals surface area contributed by atoms with Gasteiger partial charge in [0, 0.05) is 30.5 Å². The number of hydrogen-bond acceptors (Lipinski definition) is 3. The predicted octanol–water partition coefficient (Wildman–Crippen LogP) is 2.59. The van der Waals surface area contributed by atoms with Crippen LogP contribution in [-0.4, -0.2) is 31.6 Å². The van der Waals surface area contributed by atoms with E-state index < -0.39 is 10.0 Å². The van der Waals surface area contributed by atoms with Gasteiger partial charge in [-0.25, -0.2) is 8.42 Å². The Bertz CT molecular complexity index is 615. The number of carbonyl (C=O) groups excluding carboxylic acids is 1. The fourth-order valence-corrected chi connectivity index (χ4v) is 4.28. The summed E-state index contributed by atoms with van der Waals surface area (Å²) >= 11 is 11.8. The van der Waals surface area contributed by atoms with Gasteiger partial charge in [-0.1, -0.05) is 30.1 Å². The van der Waals surface area contributed by atoms with Crippen LogP contribution in [0.1, 0.15) is 13.3 Å². The van der Waals surface area contributed by atoms with E-state index in [0.717, 1.165) is 0 Å². The molecule has 1 atom stereocenters. The van der Waals surface area contributed by atoms with Crippen molar-refractivity contribution in [2.75, 3.05) is 13.1 Å². The number of piperidine rings is 1. The Morgan fingerprint density at radius 1 is 1.32 bits per heavy atom. The van der Waals surface area contributed by atoms with Crippen LogP contribution in [0.15, 0.2) is 23.1 Å². The SMILES string of the molecule is CC1CN(S(=O)(=O)c2cc(Cl)ccc2Cl)CCC1=O. The Hall–Kier alpha value is -0.620. The number of carbonyl (C=O) groups is 1. The molecule has 0 N–H and O–H groups in total. The van der Waals surface area contributed by atoms with Crippen LogP contribution in [-0.2, 0) is 14.8 Å². The average molecular weight is 322 g/mol. The molecular weight excluding hydrogens is 309 g/mol. The smallest absolute Gasteiger partial charge is 0.244 e. The summed E-state index contributed by atoms with van der Waals surface area (Å²) in [7, 11) is -3.71. The molecule has 0 radical (unpaired) electrons. The van der Waals surface area contributed by atoms with Gasteiger partial charge in [0.1, 0.15) is 10.7 Å². The molecule has 0 bridgehead atoms. The first-order chi connectivity index (χ1) is 8.82. The summed E-state index contributed by atoms with van der Waals surface area (Å²) in [6.45, 7) is 2.10. The quantitative estimate of drug-likeness (QED) is 0.841. The maximum atomic E-state index is 12.5. The molecule has 0 aliphatic carbocycles. The highest BCUT2D eigenvalue weighted by Crippen LogP contribution is 2.29. The van der Waals surface area contributed by atoms with E-state index in [1.165, 1.54) is 22.5 Å². The lowest BCUT2D eigenvalue weighted by molar-refractivity contribution is -0.124. The summed E-state index contributed by atoms with van der Waals surface area (Å²) in [4.78, 5) is 11.4. The van der Waals surface area contributed by atoms with E-state index in [-0.39, 0.29) is 41.1 Å². The van der Waals surface area contributed by atoms with Crippen molar-refractivity contribution in [1.82, 2.24) is 4.31 Å². The number of nitrogens with zero attached hydrogens (tertiary/aromatic N) is 1. The lowest BCUT2D eigenvalue weighted by Crippen LogP contribution is -2.43. The van der Waals surface area contributed by atoms with Crippen LogP contribution in [0.5, 0.6) is 0 Å². The van der Waals surface area contributed by atoms with Gasteiger partial charge < -0.3 is 0 Å². The number of halogens is 2. The highest BCUT2D eigenvalue weighted by atomic mass is 35.5. The minimum absolute atomic E-state index is 0.0109. The number of ketones is 1. The second-order valence-corrected chi connectivity index (χ2v) is 7.31. The molecule has 0 spiro atoms. The summed E-state index contributed by atoms with van der Waals surface area (Å²) in [6.07, 6.45) is 0.235. The zero-order chi connectivity index (χ0) is 14.2. The highest BCUT2D eigenvalue weighted by molar-refractivity contribution is 7.89. The molecule has 2 rings (SSSR count). The molecule has 0 aromatic heterocycles. The van der Waals surface area contributed by atoms with Crippen molar-refractivity contribution in [3.05, 3.63) is 28.2 Å². The molecule has 104 valence electrons. The second kappa shape index (κ2) is 5.40. The minimum atomic E-state index is -3.71. The van der Waals surface area contributed by atoms with Gasteiger partial charge in [0.15, 0.2) is 0 Å². The lowest BCUT2D eigenvalue weighted by Gasteiger charge is -2.29. The maximum Gasteiger partial charge on any atom is 0.244 e. The van der Waals surface area contributed by atoms with Crippen LogP contribution in [0, 0.1) is 5.92 Å². The number of benzene rings is 1. The van der Waals surface area contributed by atoms with E-state index in [4.69, 9.17) is 23.2 Å². The number of sulfonamides is 1. The molecule has 0 amide bonds. The minimum Gasteiger partial charge on any atom is -0.299 e. The van der Waals surface area contributed by atoms with Crippen LogP contribution in [0.25, 0.3) is 0 Å². The van der Waals surface area contributed by atoms with E-state index in [2.05, 4.69) is 0 Å². The second-order valence-electron chi connectivity index (χ2n) is 4.56. The number of hydrogen-bond donors (Lipinski definition) is 0.